The topological polar surface area (TPSA) is 27.7 Å². The van der Waals surface area contributed by atoms with Gasteiger partial charge in [0.05, 0.1) is 0 Å². The van der Waals surface area contributed by atoms with E-state index in [0.29, 0.717) is 25.7 Å². The lowest BCUT2D eigenvalue weighted by molar-refractivity contribution is 0.0658. The molecule has 18 heavy (non-hydrogen) atoms. The van der Waals surface area contributed by atoms with E-state index >= 15 is 0 Å². The summed E-state index contributed by atoms with van der Waals surface area (Å²) in [6, 6.07) is 0.994. The van der Waals surface area contributed by atoms with E-state index in [-0.39, 0.29) is 0 Å². The van der Waals surface area contributed by atoms with Crippen molar-refractivity contribution in [2.24, 2.45) is 17.8 Å². The first-order valence-electron chi connectivity index (χ1n) is 7.33. The predicted octanol–water partition coefficient (Wildman–Crippen LogP) is 3.25. The molecule has 3 unspecified atom stereocenters. The van der Waals surface area contributed by atoms with Crippen LogP contribution in [0.25, 0.3) is 0 Å². The van der Waals surface area contributed by atoms with Gasteiger partial charge in [-0.2, -0.15) is 0 Å². The minimum absolute atomic E-state index is 0.683. The van der Waals surface area contributed by atoms with Crippen LogP contribution in [0.2, 0.25) is 6.04 Å². The van der Waals surface area contributed by atoms with Crippen LogP contribution in [0, 0.1) is 17.8 Å². The van der Waals surface area contributed by atoms with Gasteiger partial charge in [0.25, 0.3) is 0 Å². The van der Waals surface area contributed by atoms with Gasteiger partial charge in [0.1, 0.15) is 0 Å². The molecule has 2 rings (SSSR count). The van der Waals surface area contributed by atoms with Crippen molar-refractivity contribution < 1.29 is 13.3 Å². The van der Waals surface area contributed by atoms with Gasteiger partial charge in [0.15, 0.2) is 0 Å². The van der Waals surface area contributed by atoms with Gasteiger partial charge in [0, 0.05) is 25.9 Å². The summed E-state index contributed by atoms with van der Waals surface area (Å²) in [5.74, 6) is 2.25. The molecule has 0 aromatic rings. The van der Waals surface area contributed by atoms with E-state index in [2.05, 4.69) is 12.2 Å². The highest BCUT2D eigenvalue weighted by Crippen LogP contribution is 2.47. The van der Waals surface area contributed by atoms with E-state index in [1.807, 2.05) is 20.8 Å². The summed E-state index contributed by atoms with van der Waals surface area (Å²) in [6.45, 7) is 8.14. The molecule has 0 radical (unpaired) electrons. The van der Waals surface area contributed by atoms with Crippen LogP contribution in [0.5, 0.6) is 0 Å². The molecule has 0 aromatic carbocycles. The molecule has 4 heteroatoms. The molecular weight excluding hydrogens is 244 g/mol. The molecule has 0 heterocycles. The molecule has 2 bridgehead atoms. The average molecular weight is 270 g/mol. The van der Waals surface area contributed by atoms with E-state index < -0.39 is 8.80 Å². The lowest BCUT2D eigenvalue weighted by Gasteiger charge is -2.32. The first kappa shape index (κ1) is 14.3. The fourth-order valence-electron chi connectivity index (χ4n) is 3.41. The second-order valence-electron chi connectivity index (χ2n) is 5.23. The summed E-state index contributed by atoms with van der Waals surface area (Å²) in [5.41, 5.74) is 0. The van der Waals surface area contributed by atoms with Crippen LogP contribution >= 0.6 is 0 Å². The van der Waals surface area contributed by atoms with Crippen molar-refractivity contribution in [2.45, 2.75) is 39.7 Å². The molecule has 3 nitrogen and oxygen atoms in total. The summed E-state index contributed by atoms with van der Waals surface area (Å²) >= 11 is 0. The zero-order chi connectivity index (χ0) is 13.0. The van der Waals surface area contributed by atoms with Gasteiger partial charge in [-0.1, -0.05) is 12.2 Å². The monoisotopic (exact) mass is 270 g/mol. The van der Waals surface area contributed by atoms with Crippen molar-refractivity contribution in [3.63, 3.8) is 0 Å². The predicted molar refractivity (Wildman–Crippen MR) is 74.3 cm³/mol. The van der Waals surface area contributed by atoms with Crippen molar-refractivity contribution in [2.75, 3.05) is 19.8 Å². The second kappa shape index (κ2) is 6.33. The Kier molecular flexibility index (Phi) is 5.01. The number of allylic oxidation sites excluding steroid dienone is 2. The second-order valence-corrected chi connectivity index (χ2v) is 7.87. The quantitative estimate of drug-likeness (QED) is 0.500. The molecule has 0 saturated heterocycles. The first-order valence-corrected chi connectivity index (χ1v) is 9.26. The third kappa shape index (κ3) is 3.04. The van der Waals surface area contributed by atoms with Crippen LogP contribution < -0.4 is 0 Å². The number of hydrogen-bond acceptors (Lipinski definition) is 3. The van der Waals surface area contributed by atoms with Gasteiger partial charge < -0.3 is 13.3 Å². The maximum Gasteiger partial charge on any atom is 0.501 e. The van der Waals surface area contributed by atoms with Crippen molar-refractivity contribution in [1.29, 1.82) is 0 Å². The fourth-order valence-corrected chi connectivity index (χ4v) is 6.45. The zero-order valence-corrected chi connectivity index (χ0v) is 12.9. The Bertz CT molecular complexity index is 276. The van der Waals surface area contributed by atoms with Crippen molar-refractivity contribution in [3.8, 4) is 0 Å². The molecule has 0 N–H and O–H groups in total. The van der Waals surface area contributed by atoms with Gasteiger partial charge in [-0.05, 0) is 51.4 Å². The van der Waals surface area contributed by atoms with E-state index in [1.165, 1.54) is 12.8 Å². The molecule has 0 aliphatic heterocycles. The number of fused-ring (bicyclic) bond motifs is 2. The lowest BCUT2D eigenvalue weighted by atomic mass is 9.96. The molecule has 1 fully saturated rings. The van der Waals surface area contributed by atoms with Crippen LogP contribution in [0.15, 0.2) is 12.2 Å². The number of rotatable bonds is 8. The minimum atomic E-state index is -2.43. The third-order valence-electron chi connectivity index (χ3n) is 4.02. The Hall–Kier alpha value is -0.163. The van der Waals surface area contributed by atoms with Crippen molar-refractivity contribution in [1.82, 2.24) is 0 Å². The average Bonchev–Trinajstić information content (AvgIpc) is 2.92. The Morgan fingerprint density at radius 1 is 0.944 bits per heavy atom. The lowest BCUT2D eigenvalue weighted by Crippen LogP contribution is -2.47. The SMILES string of the molecule is CCO[Si](CC1CC2C=CC1C2)(OCC)OCC. The summed E-state index contributed by atoms with van der Waals surface area (Å²) in [7, 11) is -2.43. The van der Waals surface area contributed by atoms with Crippen molar-refractivity contribution >= 4 is 8.80 Å². The van der Waals surface area contributed by atoms with Gasteiger partial charge >= 0.3 is 8.80 Å². The Morgan fingerprint density at radius 2 is 1.56 bits per heavy atom. The maximum absolute atomic E-state index is 5.95. The van der Waals surface area contributed by atoms with E-state index in [1.54, 1.807) is 0 Å². The summed E-state index contributed by atoms with van der Waals surface area (Å²) in [4.78, 5) is 0. The van der Waals surface area contributed by atoms with Crippen LogP contribution in [-0.2, 0) is 13.3 Å². The zero-order valence-electron chi connectivity index (χ0n) is 11.9. The molecular formula is C14H26O3Si. The largest absolute Gasteiger partial charge is 0.501 e. The highest BCUT2D eigenvalue weighted by molar-refractivity contribution is 6.60. The van der Waals surface area contributed by atoms with Gasteiger partial charge in [-0.15, -0.1) is 0 Å². The summed E-state index contributed by atoms with van der Waals surface area (Å²) in [5, 5.41) is 0. The van der Waals surface area contributed by atoms with Crippen LogP contribution in [0.4, 0.5) is 0 Å². The molecule has 104 valence electrons. The van der Waals surface area contributed by atoms with Crippen LogP contribution in [0.1, 0.15) is 33.6 Å². The summed E-state index contributed by atoms with van der Waals surface area (Å²) in [6.07, 6.45) is 7.40. The highest BCUT2D eigenvalue weighted by atomic mass is 28.4. The smallest absolute Gasteiger partial charge is 0.374 e. The van der Waals surface area contributed by atoms with E-state index in [4.69, 9.17) is 13.3 Å². The van der Waals surface area contributed by atoms with Crippen LogP contribution in [-0.4, -0.2) is 28.6 Å². The summed E-state index contributed by atoms with van der Waals surface area (Å²) < 4.78 is 17.9. The maximum atomic E-state index is 5.95. The molecule has 0 aromatic heterocycles. The Morgan fingerprint density at radius 3 is 1.94 bits per heavy atom. The van der Waals surface area contributed by atoms with Crippen molar-refractivity contribution in [3.05, 3.63) is 12.2 Å². The molecule has 3 atom stereocenters. The fraction of sp³-hybridized carbons (Fsp3) is 0.857. The van der Waals surface area contributed by atoms with Gasteiger partial charge in [-0.3, -0.25) is 0 Å². The molecule has 2 aliphatic rings. The minimum Gasteiger partial charge on any atom is -0.374 e. The van der Waals surface area contributed by atoms with E-state index in [0.717, 1.165) is 17.9 Å². The molecule has 1 saturated carbocycles. The number of hydrogen-bond donors (Lipinski definition) is 0. The standard InChI is InChI=1S/C14H26O3Si/c1-4-15-18(16-5-2,17-6-3)11-14-10-12-7-8-13(14)9-12/h7-8,12-14H,4-6,9-11H2,1-3H3. The molecule has 0 amide bonds. The first-order chi connectivity index (χ1) is 8.73. The van der Waals surface area contributed by atoms with Gasteiger partial charge in [-0.25, -0.2) is 0 Å². The Balaban J connectivity index is 2.01. The van der Waals surface area contributed by atoms with Crippen LogP contribution in [0.3, 0.4) is 0 Å². The normalized spacial score (nSPS) is 30.3. The highest BCUT2D eigenvalue weighted by Gasteiger charge is 2.47. The third-order valence-corrected chi connectivity index (χ3v) is 7.23. The molecule has 0 spiro atoms. The van der Waals surface area contributed by atoms with E-state index in [9.17, 15) is 0 Å². The molecule has 2 aliphatic carbocycles. The Labute approximate surface area is 112 Å². The van der Waals surface area contributed by atoms with Gasteiger partial charge in [0.2, 0.25) is 0 Å².